The molecule has 0 radical (unpaired) electrons. The summed E-state index contributed by atoms with van der Waals surface area (Å²) in [5.41, 5.74) is 5.28. The first kappa shape index (κ1) is 14.8. The molecule has 6 heteroatoms. The van der Waals surface area contributed by atoms with Crippen LogP contribution in [0.25, 0.3) is 0 Å². The van der Waals surface area contributed by atoms with E-state index in [4.69, 9.17) is 5.73 Å². The molecular weight excluding hydrogens is 232 g/mol. The lowest BCUT2D eigenvalue weighted by Crippen LogP contribution is -2.56. The van der Waals surface area contributed by atoms with Gasteiger partial charge in [0.25, 0.3) is 0 Å². The molecule has 1 fully saturated rings. The van der Waals surface area contributed by atoms with Gasteiger partial charge in [-0.2, -0.15) is 0 Å². The van der Waals surface area contributed by atoms with E-state index in [2.05, 4.69) is 0 Å². The highest BCUT2D eigenvalue weighted by atomic mass is 16.2. The Morgan fingerprint density at radius 2 is 1.67 bits per heavy atom. The summed E-state index contributed by atoms with van der Waals surface area (Å²) in [4.78, 5) is 28.9. The average Bonchev–Trinajstić information content (AvgIpc) is 2.39. The van der Waals surface area contributed by atoms with Gasteiger partial charge in [0, 0.05) is 39.3 Å². The van der Waals surface area contributed by atoms with Gasteiger partial charge in [-0.15, -0.1) is 0 Å². The molecule has 0 aromatic carbocycles. The second-order valence-corrected chi connectivity index (χ2v) is 4.56. The SMILES string of the molecule is CCN(CC)C(=O)N1CCN([C@H](C)C(N)=O)CC1. The summed E-state index contributed by atoms with van der Waals surface area (Å²) in [7, 11) is 0. The van der Waals surface area contributed by atoms with Gasteiger partial charge in [0.05, 0.1) is 6.04 Å². The molecule has 1 rings (SSSR count). The molecule has 1 heterocycles. The van der Waals surface area contributed by atoms with E-state index in [0.717, 1.165) is 13.1 Å². The first-order valence-electron chi connectivity index (χ1n) is 6.58. The van der Waals surface area contributed by atoms with Crippen molar-refractivity contribution in [2.24, 2.45) is 5.73 Å². The van der Waals surface area contributed by atoms with Crippen LogP contribution in [0.2, 0.25) is 0 Å². The van der Waals surface area contributed by atoms with Gasteiger partial charge in [0.1, 0.15) is 0 Å². The summed E-state index contributed by atoms with van der Waals surface area (Å²) >= 11 is 0. The number of nitrogens with zero attached hydrogens (tertiary/aromatic N) is 3. The lowest BCUT2D eigenvalue weighted by Gasteiger charge is -2.38. The highest BCUT2D eigenvalue weighted by Crippen LogP contribution is 2.08. The number of rotatable bonds is 4. The molecule has 0 aliphatic carbocycles. The van der Waals surface area contributed by atoms with E-state index < -0.39 is 0 Å². The Bertz CT molecular complexity index is 296. The molecule has 0 unspecified atom stereocenters. The Balaban J connectivity index is 2.48. The highest BCUT2D eigenvalue weighted by molar-refractivity contribution is 5.79. The minimum atomic E-state index is -0.307. The Morgan fingerprint density at radius 1 is 1.17 bits per heavy atom. The Kier molecular flexibility index (Phi) is 5.40. The molecule has 1 aliphatic heterocycles. The highest BCUT2D eigenvalue weighted by Gasteiger charge is 2.27. The van der Waals surface area contributed by atoms with Gasteiger partial charge in [-0.25, -0.2) is 4.79 Å². The number of nitrogens with two attached hydrogens (primary N) is 1. The second-order valence-electron chi connectivity index (χ2n) is 4.56. The third-order valence-corrected chi connectivity index (χ3v) is 3.58. The van der Waals surface area contributed by atoms with Gasteiger partial charge >= 0.3 is 6.03 Å². The number of amides is 3. The smallest absolute Gasteiger partial charge is 0.320 e. The third kappa shape index (κ3) is 3.35. The van der Waals surface area contributed by atoms with Crippen LogP contribution in [0.15, 0.2) is 0 Å². The fraction of sp³-hybridized carbons (Fsp3) is 0.833. The van der Waals surface area contributed by atoms with Crippen LogP contribution in [0, 0.1) is 0 Å². The summed E-state index contributed by atoms with van der Waals surface area (Å²) in [6.45, 7) is 9.96. The van der Waals surface area contributed by atoms with Crippen molar-refractivity contribution in [3.8, 4) is 0 Å². The number of hydrogen-bond acceptors (Lipinski definition) is 3. The Morgan fingerprint density at radius 3 is 2.06 bits per heavy atom. The first-order chi connectivity index (χ1) is 8.51. The number of carbonyl (C=O) groups excluding carboxylic acids is 2. The quantitative estimate of drug-likeness (QED) is 0.766. The summed E-state index contributed by atoms with van der Waals surface area (Å²) in [5, 5.41) is 0. The number of carbonyl (C=O) groups is 2. The Hall–Kier alpha value is -1.30. The molecule has 3 amide bonds. The van der Waals surface area contributed by atoms with Crippen LogP contribution >= 0.6 is 0 Å². The zero-order chi connectivity index (χ0) is 13.7. The maximum absolute atomic E-state index is 12.1. The zero-order valence-corrected chi connectivity index (χ0v) is 11.6. The molecule has 0 aromatic rings. The topological polar surface area (TPSA) is 69.9 Å². The summed E-state index contributed by atoms with van der Waals surface area (Å²) < 4.78 is 0. The van der Waals surface area contributed by atoms with Gasteiger partial charge < -0.3 is 15.5 Å². The second kappa shape index (κ2) is 6.58. The summed E-state index contributed by atoms with van der Waals surface area (Å²) in [6, 6.07) is -0.165. The van der Waals surface area contributed by atoms with Crippen molar-refractivity contribution in [3.05, 3.63) is 0 Å². The molecule has 1 saturated heterocycles. The van der Waals surface area contributed by atoms with E-state index in [0.29, 0.717) is 26.2 Å². The molecular formula is C12H24N4O2. The minimum absolute atomic E-state index is 0.0892. The van der Waals surface area contributed by atoms with E-state index in [-0.39, 0.29) is 18.0 Å². The molecule has 0 spiro atoms. The summed E-state index contributed by atoms with van der Waals surface area (Å²) in [5.74, 6) is -0.307. The van der Waals surface area contributed by atoms with E-state index in [1.807, 2.05) is 35.5 Å². The Labute approximate surface area is 109 Å². The van der Waals surface area contributed by atoms with Gasteiger partial charge in [-0.05, 0) is 20.8 Å². The van der Waals surface area contributed by atoms with Crippen molar-refractivity contribution < 1.29 is 9.59 Å². The van der Waals surface area contributed by atoms with Gasteiger partial charge in [-0.1, -0.05) is 0 Å². The van der Waals surface area contributed by atoms with Crippen molar-refractivity contribution in [1.29, 1.82) is 0 Å². The third-order valence-electron chi connectivity index (χ3n) is 3.58. The maximum Gasteiger partial charge on any atom is 0.320 e. The van der Waals surface area contributed by atoms with Crippen LogP contribution in [-0.4, -0.2) is 71.9 Å². The van der Waals surface area contributed by atoms with Crippen molar-refractivity contribution in [2.45, 2.75) is 26.8 Å². The number of hydrogen-bond donors (Lipinski definition) is 1. The molecule has 6 nitrogen and oxygen atoms in total. The van der Waals surface area contributed by atoms with E-state index in [1.54, 1.807) is 0 Å². The standard InChI is InChI=1S/C12H24N4O2/c1-4-14(5-2)12(18)16-8-6-15(7-9-16)10(3)11(13)17/h10H,4-9H2,1-3H3,(H2,13,17)/t10-/m1/s1. The minimum Gasteiger partial charge on any atom is -0.368 e. The molecule has 1 aliphatic rings. The molecule has 0 bridgehead atoms. The van der Waals surface area contributed by atoms with Crippen LogP contribution in [0.4, 0.5) is 4.79 Å². The molecule has 2 N–H and O–H groups in total. The van der Waals surface area contributed by atoms with Gasteiger partial charge in [-0.3, -0.25) is 9.69 Å². The van der Waals surface area contributed by atoms with Crippen molar-refractivity contribution in [1.82, 2.24) is 14.7 Å². The molecule has 0 saturated carbocycles. The molecule has 18 heavy (non-hydrogen) atoms. The number of primary amides is 1. The molecule has 0 aromatic heterocycles. The lowest BCUT2D eigenvalue weighted by atomic mass is 10.2. The predicted molar refractivity (Wildman–Crippen MR) is 70.1 cm³/mol. The van der Waals surface area contributed by atoms with E-state index in [9.17, 15) is 9.59 Å². The van der Waals surface area contributed by atoms with Crippen molar-refractivity contribution >= 4 is 11.9 Å². The molecule has 104 valence electrons. The van der Waals surface area contributed by atoms with E-state index >= 15 is 0 Å². The van der Waals surface area contributed by atoms with Crippen LogP contribution in [0.1, 0.15) is 20.8 Å². The van der Waals surface area contributed by atoms with Crippen LogP contribution in [0.3, 0.4) is 0 Å². The van der Waals surface area contributed by atoms with Gasteiger partial charge in [0.2, 0.25) is 5.91 Å². The van der Waals surface area contributed by atoms with Crippen molar-refractivity contribution in [2.75, 3.05) is 39.3 Å². The monoisotopic (exact) mass is 256 g/mol. The van der Waals surface area contributed by atoms with Crippen LogP contribution in [-0.2, 0) is 4.79 Å². The first-order valence-corrected chi connectivity index (χ1v) is 6.58. The fourth-order valence-corrected chi connectivity index (χ4v) is 2.17. The normalized spacial score (nSPS) is 18.5. The van der Waals surface area contributed by atoms with Gasteiger partial charge in [0.15, 0.2) is 0 Å². The number of piperazine rings is 1. The van der Waals surface area contributed by atoms with Crippen LogP contribution < -0.4 is 5.73 Å². The summed E-state index contributed by atoms with van der Waals surface area (Å²) in [6.07, 6.45) is 0. The molecule has 1 atom stereocenters. The lowest BCUT2D eigenvalue weighted by molar-refractivity contribution is -0.123. The zero-order valence-electron chi connectivity index (χ0n) is 11.6. The number of urea groups is 1. The van der Waals surface area contributed by atoms with Crippen LogP contribution in [0.5, 0.6) is 0 Å². The average molecular weight is 256 g/mol. The largest absolute Gasteiger partial charge is 0.368 e. The van der Waals surface area contributed by atoms with Crippen molar-refractivity contribution in [3.63, 3.8) is 0 Å². The maximum atomic E-state index is 12.1. The predicted octanol–water partition coefficient (Wildman–Crippen LogP) is -0.0604. The fourth-order valence-electron chi connectivity index (χ4n) is 2.17. The van der Waals surface area contributed by atoms with E-state index in [1.165, 1.54) is 0 Å².